The highest BCUT2D eigenvalue weighted by Crippen LogP contribution is 2.35. The molecule has 0 saturated heterocycles. The van der Waals surface area contributed by atoms with Crippen LogP contribution in [-0.4, -0.2) is 15.7 Å². The molecule has 0 spiro atoms. The zero-order chi connectivity index (χ0) is 17.2. The fraction of sp³-hybridized carbons (Fsp3) is 0.263. The van der Waals surface area contributed by atoms with Crippen molar-refractivity contribution in [2.45, 2.75) is 26.8 Å². The Morgan fingerprint density at radius 3 is 2.50 bits per heavy atom. The monoisotopic (exact) mass is 339 g/mol. The normalized spacial score (nSPS) is 12.8. The van der Waals surface area contributed by atoms with Crippen molar-refractivity contribution in [3.63, 3.8) is 0 Å². The lowest BCUT2D eigenvalue weighted by Gasteiger charge is -2.30. The molecule has 0 radical (unpaired) electrons. The van der Waals surface area contributed by atoms with Crippen molar-refractivity contribution < 1.29 is 4.79 Å². The van der Waals surface area contributed by atoms with Gasteiger partial charge in [-0.1, -0.05) is 45.0 Å². The van der Waals surface area contributed by atoms with E-state index in [1.165, 1.54) is 0 Å². The topological polar surface area (TPSA) is 46.9 Å². The first kappa shape index (κ1) is 16.5. The van der Waals surface area contributed by atoms with Gasteiger partial charge in [0.15, 0.2) is 5.69 Å². The predicted molar refractivity (Wildman–Crippen MR) is 97.5 cm³/mol. The lowest BCUT2D eigenvalue weighted by molar-refractivity contribution is 0.0898. The van der Waals surface area contributed by atoms with Crippen LogP contribution in [0.2, 0.25) is 0 Å². The van der Waals surface area contributed by atoms with Crippen LogP contribution in [0.25, 0.3) is 5.69 Å². The molecule has 0 aliphatic heterocycles. The van der Waals surface area contributed by atoms with E-state index in [2.05, 4.69) is 37.3 Å². The molecule has 0 aliphatic rings. The smallest absolute Gasteiger partial charge is 0.272 e. The van der Waals surface area contributed by atoms with Crippen LogP contribution in [0, 0.1) is 5.41 Å². The van der Waals surface area contributed by atoms with Gasteiger partial charge in [0.25, 0.3) is 5.91 Å². The van der Waals surface area contributed by atoms with E-state index >= 15 is 0 Å². The number of carbonyl (C=O) groups is 1. The van der Waals surface area contributed by atoms with Gasteiger partial charge < -0.3 is 5.32 Å². The summed E-state index contributed by atoms with van der Waals surface area (Å²) in [4.78, 5) is 13.8. The van der Waals surface area contributed by atoms with Gasteiger partial charge in [0.1, 0.15) is 0 Å². The summed E-state index contributed by atoms with van der Waals surface area (Å²) < 4.78 is 1.71. The average Bonchev–Trinajstić information content (AvgIpc) is 3.23. The summed E-state index contributed by atoms with van der Waals surface area (Å²) in [5, 5.41) is 9.57. The van der Waals surface area contributed by atoms with Gasteiger partial charge in [-0.2, -0.15) is 5.10 Å². The summed E-state index contributed by atoms with van der Waals surface area (Å²) in [6, 6.07) is 15.5. The Balaban J connectivity index is 1.80. The number of benzene rings is 1. The van der Waals surface area contributed by atoms with E-state index in [1.807, 2.05) is 48.0 Å². The van der Waals surface area contributed by atoms with E-state index in [1.54, 1.807) is 22.1 Å². The highest BCUT2D eigenvalue weighted by molar-refractivity contribution is 7.10. The standard InChI is InChI=1S/C19H21N3OS/c1-19(2,3)17(16-10-7-13-24-16)20-18(23)15-11-12-22(21-15)14-8-5-4-6-9-14/h4-13,17H,1-3H3,(H,20,23). The molecule has 1 unspecified atom stereocenters. The van der Waals surface area contributed by atoms with Gasteiger partial charge in [0.2, 0.25) is 0 Å². The lowest BCUT2D eigenvalue weighted by atomic mass is 9.85. The first-order valence-electron chi connectivity index (χ1n) is 7.90. The molecular formula is C19H21N3OS. The molecule has 4 nitrogen and oxygen atoms in total. The highest BCUT2D eigenvalue weighted by Gasteiger charge is 2.29. The number of para-hydroxylation sites is 1. The van der Waals surface area contributed by atoms with Crippen molar-refractivity contribution in [2.24, 2.45) is 5.41 Å². The Morgan fingerprint density at radius 1 is 1.12 bits per heavy atom. The molecule has 0 fully saturated rings. The van der Waals surface area contributed by atoms with Gasteiger partial charge in [-0.3, -0.25) is 4.79 Å². The van der Waals surface area contributed by atoms with Gasteiger partial charge in [0, 0.05) is 11.1 Å². The quantitative estimate of drug-likeness (QED) is 0.763. The number of carbonyl (C=O) groups excluding carboxylic acids is 1. The Kier molecular flexibility index (Phi) is 4.53. The second-order valence-electron chi connectivity index (χ2n) is 6.77. The third kappa shape index (κ3) is 3.57. The maximum atomic E-state index is 12.7. The van der Waals surface area contributed by atoms with Gasteiger partial charge in [-0.15, -0.1) is 11.3 Å². The Morgan fingerprint density at radius 2 is 1.88 bits per heavy atom. The minimum atomic E-state index is -0.155. The molecule has 124 valence electrons. The Labute approximate surface area is 146 Å². The number of aromatic nitrogens is 2. The second-order valence-corrected chi connectivity index (χ2v) is 7.75. The first-order chi connectivity index (χ1) is 11.4. The average molecular weight is 339 g/mol. The second kappa shape index (κ2) is 6.61. The van der Waals surface area contributed by atoms with Crippen molar-refractivity contribution in [3.8, 4) is 5.69 Å². The number of hydrogen-bond donors (Lipinski definition) is 1. The van der Waals surface area contributed by atoms with Crippen molar-refractivity contribution in [1.82, 2.24) is 15.1 Å². The largest absolute Gasteiger partial charge is 0.342 e. The number of hydrogen-bond acceptors (Lipinski definition) is 3. The molecule has 1 aromatic carbocycles. The van der Waals surface area contributed by atoms with Crippen molar-refractivity contribution >= 4 is 17.2 Å². The van der Waals surface area contributed by atoms with E-state index in [9.17, 15) is 4.79 Å². The van der Waals surface area contributed by atoms with Crippen LogP contribution in [-0.2, 0) is 0 Å². The minimum absolute atomic E-state index is 0.0492. The van der Waals surface area contributed by atoms with Crippen LogP contribution in [0.15, 0.2) is 60.1 Å². The van der Waals surface area contributed by atoms with Crippen LogP contribution in [0.5, 0.6) is 0 Å². The van der Waals surface area contributed by atoms with Gasteiger partial charge in [0.05, 0.1) is 11.7 Å². The summed E-state index contributed by atoms with van der Waals surface area (Å²) in [6.07, 6.45) is 1.81. The predicted octanol–water partition coefficient (Wildman–Crippen LogP) is 4.45. The van der Waals surface area contributed by atoms with Crippen LogP contribution >= 0.6 is 11.3 Å². The van der Waals surface area contributed by atoms with Crippen LogP contribution in [0.4, 0.5) is 0 Å². The van der Waals surface area contributed by atoms with Crippen molar-refractivity contribution in [2.75, 3.05) is 0 Å². The molecule has 24 heavy (non-hydrogen) atoms. The third-order valence-electron chi connectivity index (χ3n) is 3.81. The first-order valence-corrected chi connectivity index (χ1v) is 8.78. The van der Waals surface area contributed by atoms with Gasteiger partial charge >= 0.3 is 0 Å². The third-order valence-corrected chi connectivity index (χ3v) is 4.75. The van der Waals surface area contributed by atoms with Gasteiger partial charge in [-0.25, -0.2) is 4.68 Å². The van der Waals surface area contributed by atoms with Gasteiger partial charge in [-0.05, 0) is 35.1 Å². The molecule has 0 saturated carbocycles. The SMILES string of the molecule is CC(C)(C)C(NC(=O)c1ccn(-c2ccccc2)n1)c1cccs1. The summed E-state index contributed by atoms with van der Waals surface area (Å²) in [7, 11) is 0. The molecule has 1 atom stereocenters. The van der Waals surface area contributed by atoms with E-state index in [0.717, 1.165) is 10.6 Å². The number of rotatable bonds is 4. The van der Waals surface area contributed by atoms with Crippen molar-refractivity contribution in [3.05, 3.63) is 70.7 Å². The van der Waals surface area contributed by atoms with Crippen LogP contribution < -0.4 is 5.32 Å². The molecule has 3 rings (SSSR count). The molecular weight excluding hydrogens is 318 g/mol. The summed E-state index contributed by atoms with van der Waals surface area (Å²) in [5.41, 5.74) is 1.27. The molecule has 0 bridgehead atoms. The number of thiophene rings is 1. The maximum Gasteiger partial charge on any atom is 0.272 e. The van der Waals surface area contributed by atoms with E-state index in [0.29, 0.717) is 5.69 Å². The molecule has 2 heterocycles. The van der Waals surface area contributed by atoms with E-state index in [-0.39, 0.29) is 17.4 Å². The van der Waals surface area contributed by atoms with E-state index in [4.69, 9.17) is 0 Å². The fourth-order valence-corrected chi connectivity index (χ4v) is 3.56. The number of nitrogens with zero attached hydrogens (tertiary/aromatic N) is 2. The molecule has 1 amide bonds. The molecule has 0 aliphatic carbocycles. The molecule has 1 N–H and O–H groups in total. The number of nitrogens with one attached hydrogen (secondary N) is 1. The molecule has 2 aromatic heterocycles. The lowest BCUT2D eigenvalue weighted by Crippen LogP contribution is -2.36. The zero-order valence-electron chi connectivity index (χ0n) is 14.1. The minimum Gasteiger partial charge on any atom is -0.342 e. The Bertz CT molecular complexity index is 801. The summed E-state index contributed by atoms with van der Waals surface area (Å²) in [6.45, 7) is 6.38. The number of amides is 1. The maximum absolute atomic E-state index is 12.7. The summed E-state index contributed by atoms with van der Waals surface area (Å²) in [5.74, 6) is -0.155. The van der Waals surface area contributed by atoms with E-state index < -0.39 is 0 Å². The Hall–Kier alpha value is -2.40. The zero-order valence-corrected chi connectivity index (χ0v) is 14.9. The molecule has 3 aromatic rings. The molecule has 5 heteroatoms. The fourth-order valence-electron chi connectivity index (χ4n) is 2.54. The van der Waals surface area contributed by atoms with Crippen molar-refractivity contribution in [1.29, 1.82) is 0 Å². The highest BCUT2D eigenvalue weighted by atomic mass is 32.1. The van der Waals surface area contributed by atoms with Crippen LogP contribution in [0.3, 0.4) is 0 Å². The summed E-state index contributed by atoms with van der Waals surface area (Å²) >= 11 is 1.66. The van der Waals surface area contributed by atoms with Crippen LogP contribution in [0.1, 0.15) is 42.2 Å².